The van der Waals surface area contributed by atoms with E-state index >= 15 is 0 Å². The number of aromatic nitrogens is 5. The van der Waals surface area contributed by atoms with Crippen molar-refractivity contribution in [3.8, 4) is 11.3 Å². The highest BCUT2D eigenvalue weighted by Crippen LogP contribution is 2.35. The summed E-state index contributed by atoms with van der Waals surface area (Å²) in [5, 5.41) is 21.7. The molecule has 4 aromatic rings. The number of nitrogens with zero attached hydrogens (tertiary/aromatic N) is 5. The molecule has 11 heteroatoms. The molecule has 1 saturated carbocycles. The van der Waals surface area contributed by atoms with Crippen molar-refractivity contribution in [1.29, 1.82) is 0 Å². The standard InChI is InChI=1S/C24H26FN7O3/c1-26-21-9-18(29-23-14(10-28-32(21)23)24(34)30-17-5-4-16(17)25)15-11-31(19-6-8-35-12-20(19)33)22-13(15)3-2-7-27-22/h2-3,7,9-11,16-17,19-20,26,33H,4-6,8,12H2,1H3,(H,30,34)/t16-,17-,19+,20+/m0/s1. The first-order chi connectivity index (χ1) is 17.0. The molecule has 0 unspecified atom stereocenters. The van der Waals surface area contributed by atoms with Gasteiger partial charge in [0.25, 0.3) is 5.91 Å². The topological polar surface area (TPSA) is 119 Å². The first kappa shape index (κ1) is 21.9. The maximum atomic E-state index is 13.7. The molecule has 35 heavy (non-hydrogen) atoms. The van der Waals surface area contributed by atoms with E-state index in [0.717, 1.165) is 16.6 Å². The number of nitrogens with one attached hydrogen (secondary N) is 2. The van der Waals surface area contributed by atoms with E-state index in [4.69, 9.17) is 9.72 Å². The minimum Gasteiger partial charge on any atom is -0.389 e. The van der Waals surface area contributed by atoms with Crippen molar-refractivity contribution < 1.29 is 19.0 Å². The summed E-state index contributed by atoms with van der Waals surface area (Å²) in [5.41, 5.74) is 2.84. The van der Waals surface area contributed by atoms with Gasteiger partial charge in [0.1, 0.15) is 23.2 Å². The molecule has 1 aliphatic heterocycles. The third-order valence-corrected chi connectivity index (χ3v) is 6.99. The molecular formula is C24H26FN7O3. The second-order valence-corrected chi connectivity index (χ2v) is 9.07. The van der Waals surface area contributed by atoms with Crippen molar-refractivity contribution in [3.05, 3.63) is 42.4 Å². The van der Waals surface area contributed by atoms with Crippen LogP contribution < -0.4 is 10.6 Å². The summed E-state index contributed by atoms with van der Waals surface area (Å²) in [5.74, 6) is 0.250. The average Bonchev–Trinajstić information content (AvgIpc) is 3.48. The number of anilines is 1. The van der Waals surface area contributed by atoms with E-state index in [1.165, 1.54) is 6.20 Å². The second-order valence-electron chi connectivity index (χ2n) is 9.07. The van der Waals surface area contributed by atoms with Gasteiger partial charge in [0.2, 0.25) is 0 Å². The van der Waals surface area contributed by atoms with E-state index in [0.29, 0.717) is 43.0 Å². The predicted octanol–water partition coefficient (Wildman–Crippen LogP) is 2.34. The summed E-state index contributed by atoms with van der Waals surface area (Å²) in [6, 6.07) is 5.04. The molecule has 4 atom stereocenters. The maximum Gasteiger partial charge on any atom is 0.257 e. The van der Waals surface area contributed by atoms with Crippen molar-refractivity contribution >= 4 is 28.4 Å². The number of alkyl halides is 1. The molecule has 0 aromatic carbocycles. The normalized spacial score (nSPS) is 24.4. The number of hydrogen-bond donors (Lipinski definition) is 3. The zero-order valence-corrected chi connectivity index (χ0v) is 19.2. The minimum atomic E-state index is -1.02. The third-order valence-electron chi connectivity index (χ3n) is 6.99. The van der Waals surface area contributed by atoms with Gasteiger partial charge in [-0.15, -0.1) is 0 Å². The Morgan fingerprint density at radius 2 is 2.17 bits per heavy atom. The molecule has 1 aliphatic carbocycles. The fourth-order valence-corrected chi connectivity index (χ4v) is 4.88. The van der Waals surface area contributed by atoms with E-state index < -0.39 is 24.2 Å². The first-order valence-corrected chi connectivity index (χ1v) is 11.8. The monoisotopic (exact) mass is 479 g/mol. The van der Waals surface area contributed by atoms with Gasteiger partial charge in [-0.05, 0) is 31.4 Å². The van der Waals surface area contributed by atoms with E-state index in [9.17, 15) is 14.3 Å². The molecule has 1 saturated heterocycles. The van der Waals surface area contributed by atoms with E-state index in [2.05, 4.69) is 20.7 Å². The fourth-order valence-electron chi connectivity index (χ4n) is 4.88. The van der Waals surface area contributed by atoms with Crippen LogP contribution in [0.2, 0.25) is 0 Å². The molecule has 5 heterocycles. The van der Waals surface area contributed by atoms with E-state index in [-0.39, 0.29) is 18.2 Å². The average molecular weight is 480 g/mol. The summed E-state index contributed by atoms with van der Waals surface area (Å²) in [4.78, 5) is 22.3. The van der Waals surface area contributed by atoms with E-state index in [1.807, 2.05) is 29.0 Å². The van der Waals surface area contributed by atoms with Crippen LogP contribution in [-0.4, -0.2) is 73.7 Å². The van der Waals surface area contributed by atoms with Gasteiger partial charge in [0, 0.05) is 43.1 Å². The van der Waals surface area contributed by atoms with Crippen molar-refractivity contribution in [2.24, 2.45) is 0 Å². The maximum absolute atomic E-state index is 13.7. The molecule has 3 N–H and O–H groups in total. The lowest BCUT2D eigenvalue weighted by Crippen LogP contribution is -2.48. The molecule has 0 bridgehead atoms. The number of rotatable bonds is 5. The van der Waals surface area contributed by atoms with Gasteiger partial charge in [-0.2, -0.15) is 9.61 Å². The van der Waals surface area contributed by atoms with Crippen LogP contribution in [0.15, 0.2) is 36.8 Å². The van der Waals surface area contributed by atoms with Crippen LogP contribution in [0.4, 0.5) is 10.2 Å². The number of hydrogen-bond acceptors (Lipinski definition) is 7. The highest BCUT2D eigenvalue weighted by atomic mass is 19.1. The number of carbonyl (C=O) groups is 1. The molecule has 2 fully saturated rings. The Balaban J connectivity index is 1.47. The highest BCUT2D eigenvalue weighted by molar-refractivity contribution is 6.01. The lowest BCUT2D eigenvalue weighted by molar-refractivity contribution is -0.0375. The minimum absolute atomic E-state index is 0.171. The molecule has 2 aliphatic rings. The van der Waals surface area contributed by atoms with Gasteiger partial charge >= 0.3 is 0 Å². The number of amides is 1. The Hall–Kier alpha value is -3.57. The Bertz CT molecular complexity index is 1420. The lowest BCUT2D eigenvalue weighted by atomic mass is 9.90. The number of carbonyl (C=O) groups excluding carboxylic acids is 1. The quantitative estimate of drug-likeness (QED) is 0.402. The van der Waals surface area contributed by atoms with Gasteiger partial charge in [-0.3, -0.25) is 4.79 Å². The van der Waals surface area contributed by atoms with E-state index in [1.54, 1.807) is 17.8 Å². The Morgan fingerprint density at radius 3 is 2.91 bits per heavy atom. The summed E-state index contributed by atoms with van der Waals surface area (Å²) in [7, 11) is 1.77. The zero-order chi connectivity index (χ0) is 24.1. The number of fused-ring (bicyclic) bond motifs is 2. The van der Waals surface area contributed by atoms with Gasteiger partial charge in [-0.1, -0.05) is 0 Å². The molecule has 10 nitrogen and oxygen atoms in total. The van der Waals surface area contributed by atoms with Crippen LogP contribution in [0.1, 0.15) is 35.7 Å². The number of aliphatic hydroxyl groups excluding tert-OH is 1. The SMILES string of the molecule is CNc1cc(-c2cn([C@@H]3CCOC[C@H]3O)c3ncccc23)nc2c(C(=O)N[C@H]3CC[C@@H]3F)cnn12. The van der Waals surface area contributed by atoms with Crippen LogP contribution in [0.25, 0.3) is 27.9 Å². The molecular weight excluding hydrogens is 453 g/mol. The van der Waals surface area contributed by atoms with Crippen molar-refractivity contribution in [1.82, 2.24) is 29.5 Å². The molecule has 6 rings (SSSR count). The Morgan fingerprint density at radius 1 is 1.29 bits per heavy atom. The highest BCUT2D eigenvalue weighted by Gasteiger charge is 2.33. The molecule has 182 valence electrons. The Kier molecular flexibility index (Phi) is 5.37. The van der Waals surface area contributed by atoms with Crippen LogP contribution in [0, 0.1) is 0 Å². The number of aliphatic hydroxyl groups is 1. The van der Waals surface area contributed by atoms with Crippen molar-refractivity contribution in [3.63, 3.8) is 0 Å². The summed E-state index contributed by atoms with van der Waals surface area (Å²) in [6.45, 7) is 0.836. The molecule has 4 aromatic heterocycles. The van der Waals surface area contributed by atoms with Crippen LogP contribution >= 0.6 is 0 Å². The predicted molar refractivity (Wildman–Crippen MR) is 127 cm³/mol. The zero-order valence-electron chi connectivity index (χ0n) is 19.2. The summed E-state index contributed by atoms with van der Waals surface area (Å²) < 4.78 is 22.7. The second kappa shape index (κ2) is 8.58. The third kappa shape index (κ3) is 3.62. The molecule has 0 radical (unpaired) electrons. The van der Waals surface area contributed by atoms with Gasteiger partial charge in [0.05, 0.1) is 36.7 Å². The van der Waals surface area contributed by atoms with Crippen molar-refractivity contribution in [2.45, 2.75) is 43.6 Å². The molecule has 0 spiro atoms. The smallest absolute Gasteiger partial charge is 0.257 e. The number of ether oxygens (including phenoxy) is 1. The first-order valence-electron chi connectivity index (χ1n) is 11.8. The summed E-state index contributed by atoms with van der Waals surface area (Å²) >= 11 is 0. The summed E-state index contributed by atoms with van der Waals surface area (Å²) in [6.07, 6.45) is 5.22. The van der Waals surface area contributed by atoms with Gasteiger partial charge in [-0.25, -0.2) is 14.4 Å². The Labute approximate surface area is 200 Å². The van der Waals surface area contributed by atoms with Crippen LogP contribution in [0.5, 0.6) is 0 Å². The van der Waals surface area contributed by atoms with Gasteiger partial charge in [0.15, 0.2) is 5.65 Å². The number of pyridine rings is 1. The number of halogens is 1. The molecule has 1 amide bonds. The fraction of sp³-hybridized carbons (Fsp3) is 0.417. The van der Waals surface area contributed by atoms with Crippen LogP contribution in [-0.2, 0) is 4.74 Å². The van der Waals surface area contributed by atoms with Crippen LogP contribution in [0.3, 0.4) is 0 Å². The van der Waals surface area contributed by atoms with Gasteiger partial charge < -0.3 is 25.0 Å². The lowest BCUT2D eigenvalue weighted by Gasteiger charge is -2.30. The largest absolute Gasteiger partial charge is 0.389 e. The van der Waals surface area contributed by atoms with Crippen molar-refractivity contribution in [2.75, 3.05) is 25.6 Å².